The summed E-state index contributed by atoms with van der Waals surface area (Å²) in [6.45, 7) is 0. The number of rotatable bonds is 2. The highest BCUT2D eigenvalue weighted by Crippen LogP contribution is 2.45. The fourth-order valence-corrected chi connectivity index (χ4v) is 8.33. The molecule has 4 heterocycles. The molecule has 0 aliphatic heterocycles. The highest BCUT2D eigenvalue weighted by atomic mass is 16.3. The van der Waals surface area contributed by atoms with Crippen LogP contribution >= 0.6 is 0 Å². The molecule has 0 saturated carbocycles. The SMILES string of the molecule is C1=c2oc3ccccc3c2=C(n2c3ccc(-c4ccccc4)cc3c3c4c5cccc6c7ccccc7n(c4ccc32)c65)CC1. The molecule has 0 spiro atoms. The molecule has 3 nitrogen and oxygen atoms in total. The fourth-order valence-electron chi connectivity index (χ4n) is 8.33. The third kappa shape index (κ3) is 2.95. The Labute approximate surface area is 257 Å². The van der Waals surface area contributed by atoms with E-state index in [1.165, 1.54) is 87.3 Å². The van der Waals surface area contributed by atoms with Gasteiger partial charge in [0.25, 0.3) is 0 Å². The fraction of sp³-hybridized carbons (Fsp3) is 0.0476. The summed E-state index contributed by atoms with van der Waals surface area (Å²) in [5, 5.41) is 10.3. The number of hydrogen-bond donors (Lipinski definition) is 0. The van der Waals surface area contributed by atoms with Crippen LogP contribution in [0.5, 0.6) is 0 Å². The van der Waals surface area contributed by atoms with E-state index in [0.717, 1.165) is 23.8 Å². The van der Waals surface area contributed by atoms with Crippen LogP contribution in [-0.4, -0.2) is 8.97 Å². The molecule has 0 amide bonds. The first-order chi connectivity index (χ1) is 22.3. The lowest BCUT2D eigenvalue weighted by atomic mass is 10.00. The molecule has 11 rings (SSSR count). The smallest absolute Gasteiger partial charge is 0.135 e. The molecule has 3 heteroatoms. The summed E-state index contributed by atoms with van der Waals surface area (Å²) >= 11 is 0. The second-order valence-corrected chi connectivity index (χ2v) is 12.4. The number of aromatic nitrogens is 2. The van der Waals surface area contributed by atoms with Crippen molar-refractivity contribution in [2.75, 3.05) is 0 Å². The lowest BCUT2D eigenvalue weighted by Gasteiger charge is -2.14. The van der Waals surface area contributed by atoms with Crippen LogP contribution in [0.4, 0.5) is 0 Å². The summed E-state index contributed by atoms with van der Waals surface area (Å²) in [5.41, 5.74) is 12.0. The maximum atomic E-state index is 6.41. The second kappa shape index (κ2) is 8.43. The molecular weight excluding hydrogens is 548 g/mol. The van der Waals surface area contributed by atoms with Crippen molar-refractivity contribution in [1.82, 2.24) is 8.97 Å². The van der Waals surface area contributed by atoms with Crippen molar-refractivity contribution in [3.05, 3.63) is 138 Å². The van der Waals surface area contributed by atoms with Crippen LogP contribution in [0.1, 0.15) is 12.8 Å². The van der Waals surface area contributed by atoms with Gasteiger partial charge in [0, 0.05) is 48.6 Å². The van der Waals surface area contributed by atoms with Crippen molar-refractivity contribution in [3.63, 3.8) is 0 Å². The number of benzene rings is 6. The highest BCUT2D eigenvalue weighted by Gasteiger charge is 2.24. The van der Waals surface area contributed by atoms with E-state index in [1.807, 2.05) is 0 Å². The minimum absolute atomic E-state index is 0.948. The Morgan fingerprint density at radius 2 is 1.24 bits per heavy atom. The van der Waals surface area contributed by atoms with Crippen LogP contribution in [0.3, 0.4) is 0 Å². The molecule has 0 saturated heterocycles. The third-order valence-electron chi connectivity index (χ3n) is 10.1. The van der Waals surface area contributed by atoms with Gasteiger partial charge in [-0.05, 0) is 66.4 Å². The highest BCUT2D eigenvalue weighted by molar-refractivity contribution is 6.33. The van der Waals surface area contributed by atoms with Crippen LogP contribution in [0.15, 0.2) is 132 Å². The van der Waals surface area contributed by atoms with E-state index in [1.54, 1.807) is 0 Å². The van der Waals surface area contributed by atoms with Gasteiger partial charge in [-0.3, -0.25) is 0 Å². The van der Waals surface area contributed by atoms with Crippen molar-refractivity contribution in [3.8, 4) is 11.1 Å². The van der Waals surface area contributed by atoms with Gasteiger partial charge in [-0.1, -0.05) is 91.0 Å². The second-order valence-electron chi connectivity index (χ2n) is 12.4. The zero-order valence-electron chi connectivity index (χ0n) is 24.4. The van der Waals surface area contributed by atoms with Gasteiger partial charge in [0.15, 0.2) is 0 Å². The maximum absolute atomic E-state index is 6.41. The average molecular weight is 575 g/mol. The van der Waals surface area contributed by atoms with E-state index in [0.29, 0.717) is 0 Å². The van der Waals surface area contributed by atoms with Gasteiger partial charge in [-0.15, -0.1) is 0 Å². The van der Waals surface area contributed by atoms with Gasteiger partial charge in [0.1, 0.15) is 11.0 Å². The molecule has 1 aliphatic carbocycles. The molecule has 45 heavy (non-hydrogen) atoms. The topological polar surface area (TPSA) is 22.5 Å². The van der Waals surface area contributed by atoms with Crippen LogP contribution in [0.2, 0.25) is 0 Å². The van der Waals surface area contributed by atoms with Crippen LogP contribution < -0.4 is 10.6 Å². The van der Waals surface area contributed by atoms with Gasteiger partial charge in [-0.2, -0.15) is 0 Å². The maximum Gasteiger partial charge on any atom is 0.135 e. The Kier molecular flexibility index (Phi) is 4.43. The van der Waals surface area contributed by atoms with Crippen LogP contribution in [-0.2, 0) is 0 Å². The predicted octanol–water partition coefficient (Wildman–Crippen LogP) is 9.59. The van der Waals surface area contributed by atoms with Gasteiger partial charge < -0.3 is 13.4 Å². The summed E-state index contributed by atoms with van der Waals surface area (Å²) < 4.78 is 11.4. The minimum atomic E-state index is 0.948. The first-order valence-electron chi connectivity index (χ1n) is 15.8. The quantitative estimate of drug-likeness (QED) is 0.202. The Bertz CT molecular complexity index is 2970. The monoisotopic (exact) mass is 574 g/mol. The molecule has 4 aromatic heterocycles. The van der Waals surface area contributed by atoms with E-state index < -0.39 is 0 Å². The molecule has 1 aliphatic rings. The lowest BCUT2D eigenvalue weighted by Crippen LogP contribution is -2.28. The standard InChI is InChI=1S/C42H26N2O/c1-2-10-25(11-3-1)26-20-21-33-31(24-26)41-35(43(33)34-17-9-19-38-39(34)29-13-5-7-18-37(29)45-38)22-23-36-40(41)30-15-8-14-28-27-12-4-6-16-32(27)44(36)42(28)30/h1-8,10-16,18-24H,9,17H2. The van der Waals surface area contributed by atoms with Crippen molar-refractivity contribution in [2.24, 2.45) is 0 Å². The van der Waals surface area contributed by atoms with Crippen molar-refractivity contribution >= 4 is 82.6 Å². The molecule has 0 radical (unpaired) electrons. The van der Waals surface area contributed by atoms with Gasteiger partial charge in [0.05, 0.1) is 27.6 Å². The van der Waals surface area contributed by atoms with E-state index in [-0.39, 0.29) is 0 Å². The Balaban J connectivity index is 1.38. The first-order valence-corrected chi connectivity index (χ1v) is 15.8. The average Bonchev–Trinajstić information content (AvgIpc) is 3.83. The predicted molar refractivity (Wildman–Crippen MR) is 188 cm³/mol. The zero-order chi connectivity index (χ0) is 29.2. The van der Waals surface area contributed by atoms with Crippen molar-refractivity contribution in [2.45, 2.75) is 12.8 Å². The Hall–Kier alpha value is -5.80. The van der Waals surface area contributed by atoms with E-state index >= 15 is 0 Å². The first kappa shape index (κ1) is 23.6. The van der Waals surface area contributed by atoms with E-state index in [4.69, 9.17) is 4.42 Å². The summed E-state index contributed by atoms with van der Waals surface area (Å²) in [7, 11) is 0. The normalized spacial score (nSPS) is 13.7. The number of fused-ring (bicyclic) bond motifs is 13. The molecule has 0 fully saturated rings. The van der Waals surface area contributed by atoms with Crippen LogP contribution in [0, 0.1) is 0 Å². The van der Waals surface area contributed by atoms with Gasteiger partial charge >= 0.3 is 0 Å². The van der Waals surface area contributed by atoms with Gasteiger partial charge in [-0.25, -0.2) is 0 Å². The number of para-hydroxylation sites is 3. The van der Waals surface area contributed by atoms with Crippen molar-refractivity contribution in [1.29, 1.82) is 0 Å². The molecule has 10 aromatic rings. The Morgan fingerprint density at radius 1 is 0.511 bits per heavy atom. The number of furan rings is 1. The van der Waals surface area contributed by atoms with E-state index in [2.05, 4.69) is 142 Å². The zero-order valence-corrected chi connectivity index (χ0v) is 24.4. The summed E-state index contributed by atoms with van der Waals surface area (Å²) in [6.07, 6.45) is 4.16. The number of hydrogen-bond acceptors (Lipinski definition) is 1. The molecule has 6 aromatic carbocycles. The molecule has 0 unspecified atom stereocenters. The molecule has 0 bridgehead atoms. The molecule has 210 valence electrons. The van der Waals surface area contributed by atoms with Crippen LogP contribution in [0.25, 0.3) is 93.8 Å². The molecule has 0 atom stereocenters. The van der Waals surface area contributed by atoms with Gasteiger partial charge in [0.2, 0.25) is 0 Å². The molecule has 0 N–H and O–H groups in total. The summed E-state index contributed by atoms with van der Waals surface area (Å²) in [4.78, 5) is 0. The minimum Gasteiger partial charge on any atom is -0.456 e. The van der Waals surface area contributed by atoms with Crippen molar-refractivity contribution < 1.29 is 4.42 Å². The third-order valence-corrected chi connectivity index (χ3v) is 10.1. The summed E-state index contributed by atoms with van der Waals surface area (Å²) in [5.74, 6) is 0. The lowest BCUT2D eigenvalue weighted by molar-refractivity contribution is 0.570. The summed E-state index contributed by atoms with van der Waals surface area (Å²) in [6, 6.07) is 46.6. The number of nitrogens with zero attached hydrogens (tertiary/aromatic N) is 2. The largest absolute Gasteiger partial charge is 0.456 e. The Morgan fingerprint density at radius 3 is 2.18 bits per heavy atom. The molecular formula is C42H26N2O. The van der Waals surface area contributed by atoms with E-state index in [9.17, 15) is 0 Å².